The number of methoxy groups -OCH3 is 1. The Morgan fingerprint density at radius 1 is 1.12 bits per heavy atom. The van der Waals surface area contributed by atoms with Crippen molar-refractivity contribution in [2.75, 3.05) is 57.1 Å². The highest BCUT2D eigenvalue weighted by atomic mass is 16.5. The van der Waals surface area contributed by atoms with Crippen LogP contribution in [0.15, 0.2) is 30.3 Å². The smallest absolute Gasteiger partial charge is 0.132 e. The van der Waals surface area contributed by atoms with Crippen LogP contribution in [0, 0.1) is 6.92 Å². The highest BCUT2D eigenvalue weighted by Crippen LogP contribution is 2.19. The first kappa shape index (κ1) is 18.4. The van der Waals surface area contributed by atoms with Crippen LogP contribution in [0.5, 0.6) is 5.75 Å². The fraction of sp³-hybridized carbons (Fsp3) is 0.474. The second-order valence-corrected chi connectivity index (χ2v) is 6.23. The molecule has 1 aliphatic rings. The molecule has 1 aromatic heterocycles. The summed E-state index contributed by atoms with van der Waals surface area (Å²) in [5.74, 6) is 3.25. The molecule has 2 heterocycles. The van der Waals surface area contributed by atoms with Crippen molar-refractivity contribution >= 4 is 11.6 Å². The number of morpholine rings is 1. The lowest BCUT2D eigenvalue weighted by atomic mass is 10.2. The third-order valence-electron chi connectivity index (χ3n) is 4.33. The summed E-state index contributed by atoms with van der Waals surface area (Å²) >= 11 is 0. The molecule has 2 aromatic rings. The lowest BCUT2D eigenvalue weighted by Gasteiger charge is -2.26. The van der Waals surface area contributed by atoms with Crippen molar-refractivity contribution in [3.8, 4) is 5.75 Å². The number of para-hydroxylation sites is 1. The predicted molar refractivity (Wildman–Crippen MR) is 103 cm³/mol. The van der Waals surface area contributed by atoms with Crippen LogP contribution in [0.1, 0.15) is 11.4 Å². The maximum absolute atomic E-state index is 5.39. The monoisotopic (exact) mass is 357 g/mol. The summed E-state index contributed by atoms with van der Waals surface area (Å²) < 4.78 is 10.8. The Balaban J connectivity index is 1.55. The van der Waals surface area contributed by atoms with Gasteiger partial charge in [0.25, 0.3) is 0 Å². The zero-order valence-corrected chi connectivity index (χ0v) is 15.5. The number of aryl methyl sites for hydroxylation is 1. The van der Waals surface area contributed by atoms with E-state index in [-0.39, 0.29) is 0 Å². The molecule has 3 rings (SSSR count). The van der Waals surface area contributed by atoms with Gasteiger partial charge >= 0.3 is 0 Å². The molecule has 0 unspecified atom stereocenters. The first-order chi connectivity index (χ1) is 12.7. The van der Waals surface area contributed by atoms with Gasteiger partial charge in [0.15, 0.2) is 0 Å². The molecule has 0 spiro atoms. The van der Waals surface area contributed by atoms with E-state index in [1.54, 1.807) is 7.11 Å². The minimum absolute atomic E-state index is 0.647. The van der Waals surface area contributed by atoms with Crippen molar-refractivity contribution in [3.05, 3.63) is 41.7 Å². The average molecular weight is 357 g/mol. The lowest BCUT2D eigenvalue weighted by molar-refractivity contribution is 0.0398. The van der Waals surface area contributed by atoms with Crippen LogP contribution in [-0.2, 0) is 11.3 Å². The van der Waals surface area contributed by atoms with Crippen molar-refractivity contribution in [3.63, 3.8) is 0 Å². The maximum atomic E-state index is 5.39. The number of nitrogens with zero attached hydrogens (tertiary/aromatic N) is 3. The van der Waals surface area contributed by atoms with E-state index in [0.29, 0.717) is 6.54 Å². The third-order valence-corrected chi connectivity index (χ3v) is 4.33. The van der Waals surface area contributed by atoms with Gasteiger partial charge in [0, 0.05) is 44.4 Å². The summed E-state index contributed by atoms with van der Waals surface area (Å²) in [7, 11) is 1.68. The third kappa shape index (κ3) is 5.31. The van der Waals surface area contributed by atoms with Gasteiger partial charge in [-0.2, -0.15) is 0 Å². The molecule has 26 heavy (non-hydrogen) atoms. The lowest BCUT2D eigenvalue weighted by Crippen LogP contribution is -2.39. The van der Waals surface area contributed by atoms with Gasteiger partial charge in [-0.25, -0.2) is 9.97 Å². The molecule has 0 aliphatic carbocycles. The molecule has 140 valence electrons. The highest BCUT2D eigenvalue weighted by molar-refractivity contribution is 5.48. The average Bonchev–Trinajstić information content (AvgIpc) is 2.67. The predicted octanol–water partition coefficient (Wildman–Crippen LogP) is 2.15. The van der Waals surface area contributed by atoms with Gasteiger partial charge < -0.3 is 20.1 Å². The molecule has 0 radical (unpaired) electrons. The topological polar surface area (TPSA) is 71.5 Å². The maximum Gasteiger partial charge on any atom is 0.132 e. The molecule has 0 saturated carbocycles. The van der Waals surface area contributed by atoms with Crippen LogP contribution >= 0.6 is 0 Å². The van der Waals surface area contributed by atoms with Crippen molar-refractivity contribution in [2.45, 2.75) is 13.5 Å². The summed E-state index contributed by atoms with van der Waals surface area (Å²) in [6, 6.07) is 9.92. The SMILES string of the molecule is COc1ccccc1CNc1cc(NCCN2CCOCC2)nc(C)n1. The van der Waals surface area contributed by atoms with E-state index in [0.717, 1.165) is 68.2 Å². The number of anilines is 2. The molecular formula is C19H27N5O2. The first-order valence-corrected chi connectivity index (χ1v) is 9.00. The molecule has 7 heteroatoms. The van der Waals surface area contributed by atoms with E-state index < -0.39 is 0 Å². The van der Waals surface area contributed by atoms with Crippen molar-refractivity contribution < 1.29 is 9.47 Å². The van der Waals surface area contributed by atoms with Gasteiger partial charge in [-0.3, -0.25) is 4.90 Å². The Morgan fingerprint density at radius 3 is 2.62 bits per heavy atom. The van der Waals surface area contributed by atoms with Gasteiger partial charge in [-0.05, 0) is 13.0 Å². The zero-order valence-electron chi connectivity index (χ0n) is 15.5. The van der Waals surface area contributed by atoms with Gasteiger partial charge in [0.2, 0.25) is 0 Å². The van der Waals surface area contributed by atoms with Crippen molar-refractivity contribution in [1.29, 1.82) is 0 Å². The Labute approximate surface area is 154 Å². The van der Waals surface area contributed by atoms with Crippen LogP contribution in [0.2, 0.25) is 0 Å². The zero-order chi connectivity index (χ0) is 18.2. The van der Waals surface area contributed by atoms with Crippen molar-refractivity contribution in [1.82, 2.24) is 14.9 Å². The Kier molecular flexibility index (Phi) is 6.62. The van der Waals surface area contributed by atoms with Crippen LogP contribution < -0.4 is 15.4 Å². The normalized spacial score (nSPS) is 14.8. The van der Waals surface area contributed by atoms with E-state index in [9.17, 15) is 0 Å². The second-order valence-electron chi connectivity index (χ2n) is 6.23. The van der Waals surface area contributed by atoms with E-state index >= 15 is 0 Å². The minimum atomic E-state index is 0.647. The Bertz CT molecular complexity index is 704. The number of hydrogen-bond donors (Lipinski definition) is 2. The number of aromatic nitrogens is 2. The molecule has 2 N–H and O–H groups in total. The summed E-state index contributed by atoms with van der Waals surface area (Å²) in [5.41, 5.74) is 1.09. The van der Waals surface area contributed by atoms with Crippen LogP contribution in [0.3, 0.4) is 0 Å². The molecule has 0 amide bonds. The fourth-order valence-corrected chi connectivity index (χ4v) is 2.95. The summed E-state index contributed by atoms with van der Waals surface area (Å²) in [4.78, 5) is 11.3. The minimum Gasteiger partial charge on any atom is -0.496 e. The van der Waals surface area contributed by atoms with E-state index in [4.69, 9.17) is 9.47 Å². The molecule has 7 nitrogen and oxygen atoms in total. The first-order valence-electron chi connectivity index (χ1n) is 9.00. The molecule has 1 aliphatic heterocycles. The Morgan fingerprint density at radius 2 is 1.85 bits per heavy atom. The largest absolute Gasteiger partial charge is 0.496 e. The van der Waals surface area contributed by atoms with Gasteiger partial charge in [0.1, 0.15) is 23.2 Å². The highest BCUT2D eigenvalue weighted by Gasteiger charge is 2.10. The quantitative estimate of drug-likeness (QED) is 0.750. The molecule has 1 saturated heterocycles. The summed E-state index contributed by atoms with van der Waals surface area (Å²) in [6.45, 7) is 8.02. The number of rotatable bonds is 8. The molecular weight excluding hydrogens is 330 g/mol. The van der Waals surface area contributed by atoms with Crippen molar-refractivity contribution in [2.24, 2.45) is 0 Å². The summed E-state index contributed by atoms with van der Waals surface area (Å²) in [5, 5.41) is 6.75. The van der Waals surface area contributed by atoms with Crippen LogP contribution in [0.25, 0.3) is 0 Å². The molecule has 0 bridgehead atoms. The number of ether oxygens (including phenoxy) is 2. The van der Waals surface area contributed by atoms with Crippen LogP contribution in [-0.4, -0.2) is 61.4 Å². The van der Waals surface area contributed by atoms with Gasteiger partial charge in [-0.1, -0.05) is 18.2 Å². The number of hydrogen-bond acceptors (Lipinski definition) is 7. The summed E-state index contributed by atoms with van der Waals surface area (Å²) in [6.07, 6.45) is 0. The molecule has 0 atom stereocenters. The van der Waals surface area contributed by atoms with Gasteiger partial charge in [-0.15, -0.1) is 0 Å². The fourth-order valence-electron chi connectivity index (χ4n) is 2.95. The van der Waals surface area contributed by atoms with E-state index in [1.165, 1.54) is 0 Å². The molecule has 1 fully saturated rings. The second kappa shape index (κ2) is 9.35. The van der Waals surface area contributed by atoms with Gasteiger partial charge in [0.05, 0.1) is 20.3 Å². The standard InChI is InChI=1S/C19H27N5O2/c1-15-22-18(20-7-8-24-9-11-26-12-10-24)13-19(23-15)21-14-16-5-3-4-6-17(16)25-2/h3-6,13H,7-12,14H2,1-2H3,(H2,20,21,22,23). The Hall–Kier alpha value is -2.38. The van der Waals surface area contributed by atoms with E-state index in [2.05, 4.69) is 25.5 Å². The van der Waals surface area contributed by atoms with Crippen LogP contribution in [0.4, 0.5) is 11.6 Å². The number of benzene rings is 1. The number of nitrogens with one attached hydrogen (secondary N) is 2. The molecule has 1 aromatic carbocycles. The van der Waals surface area contributed by atoms with E-state index in [1.807, 2.05) is 37.3 Å².